The van der Waals surface area contributed by atoms with Gasteiger partial charge in [0.15, 0.2) is 5.11 Å². The first-order valence-electron chi connectivity index (χ1n) is 11.5. The molecule has 1 aliphatic rings. The zero-order valence-corrected chi connectivity index (χ0v) is 19.4. The third kappa shape index (κ3) is 4.99. The van der Waals surface area contributed by atoms with Gasteiger partial charge in [-0.05, 0) is 65.7 Å². The molecule has 0 bridgehead atoms. The highest BCUT2D eigenvalue weighted by Gasteiger charge is 2.35. The summed E-state index contributed by atoms with van der Waals surface area (Å²) in [5.74, 6) is 0.795. The molecule has 4 aromatic rings. The van der Waals surface area contributed by atoms with Crippen molar-refractivity contribution in [2.24, 2.45) is 0 Å². The minimum Gasteiger partial charge on any atom is -0.362 e. The Labute approximate surface area is 200 Å². The molecule has 1 aromatic heterocycles. The zero-order valence-electron chi connectivity index (χ0n) is 18.6. The number of anilines is 3. The van der Waals surface area contributed by atoms with Crippen molar-refractivity contribution in [2.75, 3.05) is 17.2 Å². The van der Waals surface area contributed by atoms with Crippen molar-refractivity contribution in [1.82, 2.24) is 10.3 Å². The van der Waals surface area contributed by atoms with E-state index in [1.807, 2.05) is 12.1 Å². The molecule has 0 saturated heterocycles. The Kier molecular flexibility index (Phi) is 6.22. The number of aromatic nitrogens is 1. The third-order valence-corrected chi connectivity index (χ3v) is 6.82. The van der Waals surface area contributed by atoms with Gasteiger partial charge in [-0.3, -0.25) is 0 Å². The number of thiocarbonyl (C=S) groups is 1. The fraction of sp³-hybridized carbons (Fsp3) is 0.214. The molecule has 166 valence electrons. The molecule has 0 radical (unpaired) electrons. The topological polar surface area (TPSA) is 49.0 Å². The summed E-state index contributed by atoms with van der Waals surface area (Å²) in [5.41, 5.74) is 3.46. The van der Waals surface area contributed by atoms with Gasteiger partial charge in [0, 0.05) is 17.6 Å². The first-order valence-corrected chi connectivity index (χ1v) is 11.9. The van der Waals surface area contributed by atoms with Gasteiger partial charge in [-0.1, -0.05) is 73.5 Å². The number of pyridine rings is 1. The van der Waals surface area contributed by atoms with Gasteiger partial charge in [-0.2, -0.15) is 0 Å². The van der Waals surface area contributed by atoms with Crippen LogP contribution in [0.1, 0.15) is 31.2 Å². The number of hydrogen-bond acceptors (Lipinski definition) is 3. The molecular weight excluding hydrogens is 424 g/mol. The van der Waals surface area contributed by atoms with E-state index in [-0.39, 0.29) is 5.41 Å². The highest BCUT2D eigenvalue weighted by molar-refractivity contribution is 7.80. The molecule has 1 heterocycles. The van der Waals surface area contributed by atoms with Crippen LogP contribution < -0.4 is 16.0 Å². The van der Waals surface area contributed by atoms with Crippen LogP contribution in [-0.4, -0.2) is 16.6 Å². The van der Waals surface area contributed by atoms with Gasteiger partial charge in [-0.15, -0.1) is 0 Å². The van der Waals surface area contributed by atoms with Gasteiger partial charge in [-0.25, -0.2) is 4.98 Å². The van der Waals surface area contributed by atoms with Crippen molar-refractivity contribution in [3.8, 4) is 0 Å². The smallest absolute Gasteiger partial charge is 0.170 e. The van der Waals surface area contributed by atoms with E-state index >= 15 is 0 Å². The molecule has 0 atom stereocenters. The molecule has 3 N–H and O–H groups in total. The lowest BCUT2D eigenvalue weighted by Gasteiger charge is -2.30. The SMILES string of the molecule is S=C(NCC1(c2ccccc2)CCCC1)Nc1ccc(Nc2ccc3ccccc3c2)nc1. The Morgan fingerprint density at radius 2 is 1.55 bits per heavy atom. The Morgan fingerprint density at radius 1 is 0.818 bits per heavy atom. The maximum absolute atomic E-state index is 5.59. The van der Waals surface area contributed by atoms with Crippen LogP contribution >= 0.6 is 12.2 Å². The van der Waals surface area contributed by atoms with Crippen molar-refractivity contribution >= 4 is 45.3 Å². The monoisotopic (exact) mass is 452 g/mol. The number of nitrogens with zero attached hydrogens (tertiary/aromatic N) is 1. The van der Waals surface area contributed by atoms with Gasteiger partial charge < -0.3 is 16.0 Å². The predicted octanol–water partition coefficient (Wildman–Crippen LogP) is 6.78. The number of fused-ring (bicyclic) bond motifs is 1. The van der Waals surface area contributed by atoms with Crippen LogP contribution in [0.2, 0.25) is 0 Å². The highest BCUT2D eigenvalue weighted by Crippen LogP contribution is 2.40. The standard InChI is InChI=1S/C28H28N4S/c33-27(30-20-28(16-6-7-17-28)23-10-2-1-3-11-23)32-25-14-15-26(29-19-25)31-24-13-12-21-8-4-5-9-22(21)18-24/h1-5,8-15,18-19H,6-7,16-17,20H2,(H,29,31)(H2,30,32,33). The second kappa shape index (κ2) is 9.59. The fourth-order valence-electron chi connectivity index (χ4n) is 4.79. The second-order valence-corrected chi connectivity index (χ2v) is 9.19. The van der Waals surface area contributed by atoms with Crippen molar-refractivity contribution in [1.29, 1.82) is 0 Å². The summed E-state index contributed by atoms with van der Waals surface area (Å²) in [6, 6.07) is 29.4. The summed E-state index contributed by atoms with van der Waals surface area (Å²) in [5, 5.41) is 13.2. The van der Waals surface area contributed by atoms with Crippen LogP contribution in [0.4, 0.5) is 17.2 Å². The van der Waals surface area contributed by atoms with Gasteiger partial charge in [0.2, 0.25) is 0 Å². The molecule has 3 aromatic carbocycles. The molecule has 5 heteroatoms. The van der Waals surface area contributed by atoms with Crippen LogP contribution in [0.3, 0.4) is 0 Å². The average Bonchev–Trinajstić information content (AvgIpc) is 3.35. The van der Waals surface area contributed by atoms with Crippen LogP contribution in [0.15, 0.2) is 91.1 Å². The minimum atomic E-state index is 0.166. The molecule has 1 fully saturated rings. The van der Waals surface area contributed by atoms with Crippen LogP contribution in [0.25, 0.3) is 10.8 Å². The summed E-state index contributed by atoms with van der Waals surface area (Å²) in [6.07, 6.45) is 6.74. The lowest BCUT2D eigenvalue weighted by atomic mass is 9.79. The molecule has 4 nitrogen and oxygen atoms in total. The molecule has 1 aliphatic carbocycles. The zero-order chi connectivity index (χ0) is 22.5. The van der Waals surface area contributed by atoms with Gasteiger partial charge in [0.25, 0.3) is 0 Å². The van der Waals surface area contributed by atoms with E-state index in [1.165, 1.54) is 42.0 Å². The third-order valence-electron chi connectivity index (χ3n) is 6.58. The minimum absolute atomic E-state index is 0.166. The van der Waals surface area contributed by atoms with E-state index in [2.05, 4.69) is 93.7 Å². The average molecular weight is 453 g/mol. The van der Waals surface area contributed by atoms with E-state index in [9.17, 15) is 0 Å². The van der Waals surface area contributed by atoms with Crippen LogP contribution in [0.5, 0.6) is 0 Å². The van der Waals surface area contributed by atoms with Crippen molar-refractivity contribution in [2.45, 2.75) is 31.1 Å². The summed E-state index contributed by atoms with van der Waals surface area (Å²) < 4.78 is 0. The molecule has 0 unspecified atom stereocenters. The van der Waals surface area contributed by atoms with Gasteiger partial charge >= 0.3 is 0 Å². The summed E-state index contributed by atoms with van der Waals surface area (Å²) in [7, 11) is 0. The second-order valence-electron chi connectivity index (χ2n) is 8.78. The van der Waals surface area contributed by atoms with Gasteiger partial charge in [0.1, 0.15) is 5.82 Å². The molecule has 0 aliphatic heterocycles. The van der Waals surface area contributed by atoms with Crippen molar-refractivity contribution in [3.63, 3.8) is 0 Å². The Morgan fingerprint density at radius 3 is 2.30 bits per heavy atom. The summed E-state index contributed by atoms with van der Waals surface area (Å²) >= 11 is 5.59. The maximum atomic E-state index is 5.59. The van der Waals surface area contributed by atoms with Crippen LogP contribution in [0, 0.1) is 0 Å². The molecular formula is C28H28N4S. The molecule has 0 amide bonds. The molecule has 0 spiro atoms. The largest absolute Gasteiger partial charge is 0.362 e. The number of rotatable bonds is 6. The Hall–Kier alpha value is -3.44. The summed E-state index contributed by atoms with van der Waals surface area (Å²) in [6.45, 7) is 0.845. The van der Waals surface area contributed by atoms with E-state index in [0.29, 0.717) is 5.11 Å². The number of benzene rings is 3. The van der Waals surface area contributed by atoms with Crippen LogP contribution in [-0.2, 0) is 5.41 Å². The number of hydrogen-bond donors (Lipinski definition) is 3. The molecule has 33 heavy (non-hydrogen) atoms. The van der Waals surface area contributed by atoms with E-state index < -0.39 is 0 Å². The quantitative estimate of drug-likeness (QED) is 0.282. The van der Waals surface area contributed by atoms with E-state index in [4.69, 9.17) is 12.2 Å². The fourth-order valence-corrected chi connectivity index (χ4v) is 4.98. The van der Waals surface area contributed by atoms with E-state index in [0.717, 1.165) is 23.7 Å². The van der Waals surface area contributed by atoms with Gasteiger partial charge in [0.05, 0.1) is 11.9 Å². The molecule has 1 saturated carbocycles. The van der Waals surface area contributed by atoms with E-state index in [1.54, 1.807) is 6.20 Å². The first kappa shape index (κ1) is 21.4. The predicted molar refractivity (Wildman–Crippen MR) is 142 cm³/mol. The Bertz CT molecular complexity index is 1230. The highest BCUT2D eigenvalue weighted by atomic mass is 32.1. The Balaban J connectivity index is 1.19. The van der Waals surface area contributed by atoms with Crippen molar-refractivity contribution < 1.29 is 0 Å². The first-order chi connectivity index (χ1) is 16.2. The van der Waals surface area contributed by atoms with Crippen molar-refractivity contribution in [3.05, 3.63) is 96.7 Å². The molecule has 5 rings (SSSR count). The number of nitrogens with one attached hydrogen (secondary N) is 3. The normalized spacial score (nSPS) is 14.7. The lowest BCUT2D eigenvalue weighted by molar-refractivity contribution is 0.435. The lowest BCUT2D eigenvalue weighted by Crippen LogP contribution is -2.40. The maximum Gasteiger partial charge on any atom is 0.170 e. The summed E-state index contributed by atoms with van der Waals surface area (Å²) in [4.78, 5) is 4.54.